The summed E-state index contributed by atoms with van der Waals surface area (Å²) in [6, 6.07) is 5.71. The Kier molecular flexibility index (Phi) is 5.16. The monoisotopic (exact) mass is 371 g/mol. The first-order valence-electron chi connectivity index (χ1n) is 11.2. The van der Waals surface area contributed by atoms with Gasteiger partial charge in [-0.05, 0) is 110 Å². The molecule has 0 aromatic heterocycles. The lowest BCUT2D eigenvalue weighted by molar-refractivity contribution is 0.0961. The SMILES string of the molecule is CC1(C)CC(c2cc(F)ccc2C2CCN(CC3CC3)CC2)CC(C)(C)C1. The lowest BCUT2D eigenvalue weighted by Gasteiger charge is -2.46. The number of rotatable bonds is 4. The minimum Gasteiger partial charge on any atom is -0.303 e. The molecular formula is C25H38FN. The normalized spacial score (nSPS) is 27.0. The van der Waals surface area contributed by atoms with Crippen LogP contribution in [-0.2, 0) is 0 Å². The Hall–Kier alpha value is -0.890. The van der Waals surface area contributed by atoms with Crippen LogP contribution >= 0.6 is 0 Å². The Morgan fingerprint density at radius 3 is 2.11 bits per heavy atom. The summed E-state index contributed by atoms with van der Waals surface area (Å²) in [6.45, 7) is 13.4. The smallest absolute Gasteiger partial charge is 0.123 e. The molecule has 0 radical (unpaired) electrons. The molecular weight excluding hydrogens is 333 g/mol. The zero-order chi connectivity index (χ0) is 19.2. The van der Waals surface area contributed by atoms with Crippen molar-refractivity contribution in [2.24, 2.45) is 16.7 Å². The lowest BCUT2D eigenvalue weighted by Crippen LogP contribution is -2.35. The summed E-state index contributed by atoms with van der Waals surface area (Å²) in [6.07, 6.45) is 9.00. The fourth-order valence-corrected chi connectivity index (χ4v) is 6.43. The van der Waals surface area contributed by atoms with Crippen molar-refractivity contribution in [3.63, 3.8) is 0 Å². The Labute approximate surface area is 165 Å². The minimum absolute atomic E-state index is 0.0545. The highest BCUT2D eigenvalue weighted by molar-refractivity contribution is 5.35. The van der Waals surface area contributed by atoms with Crippen molar-refractivity contribution < 1.29 is 4.39 Å². The van der Waals surface area contributed by atoms with Crippen LogP contribution in [0.15, 0.2) is 18.2 Å². The second-order valence-corrected chi connectivity index (χ2v) is 11.4. The number of hydrogen-bond donors (Lipinski definition) is 0. The summed E-state index contributed by atoms with van der Waals surface area (Å²) >= 11 is 0. The summed E-state index contributed by atoms with van der Waals surface area (Å²) < 4.78 is 14.3. The van der Waals surface area contributed by atoms with Crippen molar-refractivity contribution in [1.29, 1.82) is 0 Å². The van der Waals surface area contributed by atoms with Crippen molar-refractivity contribution >= 4 is 0 Å². The lowest BCUT2D eigenvalue weighted by atomic mass is 9.59. The molecule has 2 heteroatoms. The number of benzene rings is 1. The first-order chi connectivity index (χ1) is 12.7. The predicted molar refractivity (Wildman–Crippen MR) is 112 cm³/mol. The number of halogens is 1. The van der Waals surface area contributed by atoms with Gasteiger partial charge in [-0.1, -0.05) is 33.8 Å². The van der Waals surface area contributed by atoms with E-state index in [9.17, 15) is 4.39 Å². The van der Waals surface area contributed by atoms with Gasteiger partial charge in [-0.2, -0.15) is 0 Å². The quantitative estimate of drug-likeness (QED) is 0.567. The van der Waals surface area contributed by atoms with E-state index in [2.05, 4.69) is 38.7 Å². The molecule has 27 heavy (non-hydrogen) atoms. The van der Waals surface area contributed by atoms with Crippen LogP contribution in [0.3, 0.4) is 0 Å². The number of piperidine rings is 1. The molecule has 0 N–H and O–H groups in total. The second-order valence-electron chi connectivity index (χ2n) is 11.4. The van der Waals surface area contributed by atoms with Gasteiger partial charge in [0.1, 0.15) is 5.82 Å². The number of nitrogens with zero attached hydrogens (tertiary/aromatic N) is 1. The number of likely N-dealkylation sites (tertiary alicyclic amines) is 1. The molecule has 0 spiro atoms. The van der Waals surface area contributed by atoms with Crippen molar-refractivity contribution in [1.82, 2.24) is 4.90 Å². The highest BCUT2D eigenvalue weighted by Crippen LogP contribution is 2.53. The van der Waals surface area contributed by atoms with Gasteiger partial charge in [0.05, 0.1) is 0 Å². The van der Waals surface area contributed by atoms with E-state index in [1.165, 1.54) is 75.7 Å². The van der Waals surface area contributed by atoms with Crippen molar-refractivity contribution in [2.45, 2.75) is 84.5 Å². The first kappa shape index (κ1) is 19.4. The molecule has 150 valence electrons. The molecule has 1 aromatic carbocycles. The van der Waals surface area contributed by atoms with E-state index in [1.807, 2.05) is 6.07 Å². The van der Waals surface area contributed by atoms with Gasteiger partial charge in [0.25, 0.3) is 0 Å². The third-order valence-electron chi connectivity index (χ3n) is 7.28. The van der Waals surface area contributed by atoms with Gasteiger partial charge in [-0.15, -0.1) is 0 Å². The van der Waals surface area contributed by atoms with Gasteiger partial charge in [-0.3, -0.25) is 0 Å². The van der Waals surface area contributed by atoms with Crippen LogP contribution in [0, 0.1) is 22.6 Å². The van der Waals surface area contributed by atoms with Gasteiger partial charge in [0.2, 0.25) is 0 Å². The second kappa shape index (κ2) is 7.17. The summed E-state index contributed by atoms with van der Waals surface area (Å²) in [7, 11) is 0. The van der Waals surface area contributed by atoms with Crippen molar-refractivity contribution in [2.75, 3.05) is 19.6 Å². The molecule has 1 nitrogen and oxygen atoms in total. The van der Waals surface area contributed by atoms with E-state index in [0.717, 1.165) is 5.92 Å². The molecule has 1 saturated heterocycles. The van der Waals surface area contributed by atoms with Gasteiger partial charge >= 0.3 is 0 Å². The number of hydrogen-bond acceptors (Lipinski definition) is 1. The maximum absolute atomic E-state index is 14.3. The fourth-order valence-electron chi connectivity index (χ4n) is 6.43. The molecule has 1 aliphatic heterocycles. The summed E-state index contributed by atoms with van der Waals surface area (Å²) in [5.74, 6) is 2.04. The maximum atomic E-state index is 14.3. The van der Waals surface area contributed by atoms with Crippen LogP contribution in [0.2, 0.25) is 0 Å². The average molecular weight is 372 g/mol. The topological polar surface area (TPSA) is 3.24 Å². The molecule has 2 aliphatic carbocycles. The van der Waals surface area contributed by atoms with Gasteiger partial charge in [0.15, 0.2) is 0 Å². The van der Waals surface area contributed by atoms with Crippen LogP contribution in [0.25, 0.3) is 0 Å². The molecule has 1 aromatic rings. The van der Waals surface area contributed by atoms with E-state index < -0.39 is 0 Å². The molecule has 1 heterocycles. The Morgan fingerprint density at radius 1 is 0.889 bits per heavy atom. The third-order valence-corrected chi connectivity index (χ3v) is 7.28. The van der Waals surface area contributed by atoms with Gasteiger partial charge < -0.3 is 4.90 Å². The Balaban J connectivity index is 1.54. The van der Waals surface area contributed by atoms with E-state index in [0.29, 0.717) is 22.7 Å². The van der Waals surface area contributed by atoms with Crippen molar-refractivity contribution in [3.05, 3.63) is 35.1 Å². The van der Waals surface area contributed by atoms with Crippen LogP contribution in [0.1, 0.15) is 95.6 Å². The van der Waals surface area contributed by atoms with Crippen LogP contribution in [0.4, 0.5) is 4.39 Å². The molecule has 0 bridgehead atoms. The Bertz CT molecular complexity index is 649. The maximum Gasteiger partial charge on any atom is 0.123 e. The third kappa shape index (κ3) is 4.75. The van der Waals surface area contributed by atoms with E-state index in [4.69, 9.17) is 0 Å². The Morgan fingerprint density at radius 2 is 1.52 bits per heavy atom. The highest BCUT2D eigenvalue weighted by Gasteiger charge is 2.40. The zero-order valence-corrected chi connectivity index (χ0v) is 17.9. The summed E-state index contributed by atoms with van der Waals surface area (Å²) in [5.41, 5.74) is 3.46. The standard InChI is InChI=1S/C25H38FN/c1-24(2)14-20(15-25(3,4)17-24)23-13-21(26)7-8-22(23)19-9-11-27(12-10-19)16-18-5-6-18/h7-8,13,18-20H,5-6,9-12,14-17H2,1-4H3. The molecule has 0 unspecified atom stereocenters. The van der Waals surface area contributed by atoms with Gasteiger partial charge in [0, 0.05) is 6.54 Å². The molecule has 0 atom stereocenters. The predicted octanol–water partition coefficient (Wildman–Crippen LogP) is 6.74. The van der Waals surface area contributed by atoms with Gasteiger partial charge in [-0.25, -0.2) is 4.39 Å². The van der Waals surface area contributed by atoms with Crippen LogP contribution in [-0.4, -0.2) is 24.5 Å². The molecule has 4 rings (SSSR count). The van der Waals surface area contributed by atoms with E-state index in [1.54, 1.807) is 6.07 Å². The molecule has 2 saturated carbocycles. The molecule has 3 fully saturated rings. The molecule has 3 aliphatic rings. The molecule has 0 amide bonds. The van der Waals surface area contributed by atoms with Crippen molar-refractivity contribution in [3.8, 4) is 0 Å². The largest absolute Gasteiger partial charge is 0.303 e. The summed E-state index contributed by atoms with van der Waals surface area (Å²) in [4.78, 5) is 2.67. The average Bonchev–Trinajstić information content (AvgIpc) is 3.37. The minimum atomic E-state index is -0.0545. The summed E-state index contributed by atoms with van der Waals surface area (Å²) in [5, 5.41) is 0. The van der Waals surface area contributed by atoms with E-state index >= 15 is 0 Å². The zero-order valence-electron chi connectivity index (χ0n) is 17.9. The van der Waals surface area contributed by atoms with E-state index in [-0.39, 0.29) is 5.82 Å². The highest BCUT2D eigenvalue weighted by atomic mass is 19.1. The van der Waals surface area contributed by atoms with Crippen LogP contribution < -0.4 is 0 Å². The van der Waals surface area contributed by atoms with Crippen LogP contribution in [0.5, 0.6) is 0 Å². The fraction of sp³-hybridized carbons (Fsp3) is 0.760. The first-order valence-corrected chi connectivity index (χ1v) is 11.2.